The second kappa shape index (κ2) is 3.78. The van der Waals surface area contributed by atoms with E-state index in [2.05, 4.69) is 20.4 Å². The maximum Gasteiger partial charge on any atom is 0.205 e. The van der Waals surface area contributed by atoms with Crippen molar-refractivity contribution in [2.45, 2.75) is 6.92 Å². The van der Waals surface area contributed by atoms with E-state index in [0.29, 0.717) is 22.2 Å². The van der Waals surface area contributed by atoms with Gasteiger partial charge in [-0.1, -0.05) is 11.6 Å². The quantitative estimate of drug-likeness (QED) is 0.794. The number of aromatic nitrogens is 4. The van der Waals surface area contributed by atoms with Gasteiger partial charge in [0.25, 0.3) is 0 Å². The molecule has 1 aromatic carbocycles. The SMILES string of the molecule is Cc1nnc(-c2cc(O)ccc2Cl)nn1. The van der Waals surface area contributed by atoms with E-state index in [-0.39, 0.29) is 5.75 Å². The normalized spacial score (nSPS) is 10.3. The first-order valence-electron chi connectivity index (χ1n) is 4.20. The maximum absolute atomic E-state index is 9.30. The zero-order valence-corrected chi connectivity index (χ0v) is 8.60. The Morgan fingerprint density at radius 2 is 1.80 bits per heavy atom. The lowest BCUT2D eigenvalue weighted by Gasteiger charge is -2.01. The third-order valence-electron chi connectivity index (χ3n) is 1.77. The van der Waals surface area contributed by atoms with Crippen LogP contribution in [0.15, 0.2) is 18.2 Å². The third-order valence-corrected chi connectivity index (χ3v) is 2.10. The van der Waals surface area contributed by atoms with E-state index in [4.69, 9.17) is 11.6 Å². The lowest BCUT2D eigenvalue weighted by molar-refractivity contribution is 0.475. The number of hydrogen-bond acceptors (Lipinski definition) is 5. The summed E-state index contributed by atoms with van der Waals surface area (Å²) in [4.78, 5) is 0. The molecule has 0 saturated carbocycles. The molecule has 1 aromatic heterocycles. The Hall–Kier alpha value is -1.75. The topological polar surface area (TPSA) is 71.8 Å². The van der Waals surface area contributed by atoms with Crippen molar-refractivity contribution in [1.29, 1.82) is 0 Å². The molecule has 0 aliphatic heterocycles. The Morgan fingerprint density at radius 3 is 2.47 bits per heavy atom. The predicted molar refractivity (Wildman–Crippen MR) is 54.5 cm³/mol. The van der Waals surface area contributed by atoms with Crippen molar-refractivity contribution in [3.8, 4) is 17.1 Å². The third kappa shape index (κ3) is 2.02. The highest BCUT2D eigenvalue weighted by Gasteiger charge is 2.08. The van der Waals surface area contributed by atoms with Gasteiger partial charge in [-0.2, -0.15) is 0 Å². The van der Waals surface area contributed by atoms with Gasteiger partial charge in [0.05, 0.1) is 5.02 Å². The molecule has 0 aliphatic rings. The van der Waals surface area contributed by atoms with E-state index in [1.807, 2.05) is 0 Å². The van der Waals surface area contributed by atoms with Crippen molar-refractivity contribution in [3.63, 3.8) is 0 Å². The number of phenolic OH excluding ortho intramolecular Hbond substituents is 1. The minimum absolute atomic E-state index is 0.0959. The summed E-state index contributed by atoms with van der Waals surface area (Å²) in [6.07, 6.45) is 0. The lowest BCUT2D eigenvalue weighted by atomic mass is 10.2. The molecule has 0 fully saturated rings. The van der Waals surface area contributed by atoms with Crippen LogP contribution < -0.4 is 0 Å². The molecule has 2 rings (SSSR count). The number of aromatic hydroxyl groups is 1. The van der Waals surface area contributed by atoms with Gasteiger partial charge in [-0.05, 0) is 25.1 Å². The van der Waals surface area contributed by atoms with E-state index in [9.17, 15) is 5.11 Å². The van der Waals surface area contributed by atoms with Crippen LogP contribution in [0, 0.1) is 6.92 Å². The Balaban J connectivity index is 2.53. The first-order valence-corrected chi connectivity index (χ1v) is 4.57. The number of phenols is 1. The molecule has 0 unspecified atom stereocenters. The van der Waals surface area contributed by atoms with Gasteiger partial charge in [0.1, 0.15) is 5.75 Å². The van der Waals surface area contributed by atoms with Gasteiger partial charge < -0.3 is 5.11 Å². The van der Waals surface area contributed by atoms with Crippen LogP contribution >= 0.6 is 11.6 Å². The molecular weight excluding hydrogens is 216 g/mol. The van der Waals surface area contributed by atoms with Gasteiger partial charge in [0, 0.05) is 5.56 Å². The predicted octanol–water partition coefficient (Wildman–Crippen LogP) is 1.60. The highest BCUT2D eigenvalue weighted by Crippen LogP contribution is 2.27. The van der Waals surface area contributed by atoms with E-state index < -0.39 is 0 Å². The number of aryl methyl sites for hydroxylation is 1. The van der Waals surface area contributed by atoms with E-state index >= 15 is 0 Å². The molecule has 0 aliphatic carbocycles. The van der Waals surface area contributed by atoms with Gasteiger partial charge in [0.15, 0.2) is 5.82 Å². The molecule has 15 heavy (non-hydrogen) atoms. The van der Waals surface area contributed by atoms with Crippen LogP contribution in [-0.4, -0.2) is 25.5 Å². The molecule has 0 amide bonds. The van der Waals surface area contributed by atoms with Crippen molar-refractivity contribution in [3.05, 3.63) is 29.0 Å². The fourth-order valence-corrected chi connectivity index (χ4v) is 1.27. The highest BCUT2D eigenvalue weighted by molar-refractivity contribution is 6.33. The Labute approximate surface area is 90.8 Å². The highest BCUT2D eigenvalue weighted by atomic mass is 35.5. The standard InChI is InChI=1S/C9H7ClN4O/c1-5-11-13-9(14-12-5)7-4-6(15)2-3-8(7)10/h2-4,15H,1H3. The second-order valence-corrected chi connectivity index (χ2v) is 3.34. The molecule has 6 heteroatoms. The first kappa shape index (κ1) is 9.79. The molecule has 0 bridgehead atoms. The van der Waals surface area contributed by atoms with Crippen molar-refractivity contribution in [1.82, 2.24) is 20.4 Å². The van der Waals surface area contributed by atoms with Crippen molar-refractivity contribution >= 4 is 11.6 Å². The molecular formula is C9H7ClN4O. The van der Waals surface area contributed by atoms with Gasteiger partial charge in [-0.15, -0.1) is 20.4 Å². The van der Waals surface area contributed by atoms with Gasteiger partial charge in [-0.25, -0.2) is 0 Å². The molecule has 76 valence electrons. The minimum Gasteiger partial charge on any atom is -0.508 e. The fourth-order valence-electron chi connectivity index (χ4n) is 1.07. The Morgan fingerprint density at radius 1 is 1.13 bits per heavy atom. The maximum atomic E-state index is 9.30. The molecule has 0 atom stereocenters. The van der Waals surface area contributed by atoms with Crippen LogP contribution in [0.1, 0.15) is 5.82 Å². The summed E-state index contributed by atoms with van der Waals surface area (Å²) in [6.45, 7) is 1.69. The van der Waals surface area contributed by atoms with Crippen LogP contribution in [0.5, 0.6) is 5.75 Å². The van der Waals surface area contributed by atoms with E-state index in [0.717, 1.165) is 0 Å². The van der Waals surface area contributed by atoms with Crippen LogP contribution in [0.4, 0.5) is 0 Å². The van der Waals surface area contributed by atoms with Gasteiger partial charge in [0.2, 0.25) is 5.82 Å². The molecule has 1 heterocycles. The average molecular weight is 223 g/mol. The summed E-state index contributed by atoms with van der Waals surface area (Å²) >= 11 is 5.92. The molecule has 0 saturated heterocycles. The summed E-state index contributed by atoms with van der Waals surface area (Å²) in [5, 5.41) is 24.9. The van der Waals surface area contributed by atoms with E-state index in [1.54, 1.807) is 13.0 Å². The molecule has 2 aromatic rings. The van der Waals surface area contributed by atoms with Crippen LogP contribution in [0.25, 0.3) is 11.4 Å². The summed E-state index contributed by atoms with van der Waals surface area (Å²) in [6, 6.07) is 4.52. The van der Waals surface area contributed by atoms with Crippen molar-refractivity contribution < 1.29 is 5.11 Å². The second-order valence-electron chi connectivity index (χ2n) is 2.93. The van der Waals surface area contributed by atoms with Gasteiger partial charge in [-0.3, -0.25) is 0 Å². The Bertz CT molecular complexity index is 486. The smallest absolute Gasteiger partial charge is 0.205 e. The fraction of sp³-hybridized carbons (Fsp3) is 0.111. The number of nitrogens with zero attached hydrogens (tertiary/aromatic N) is 4. The van der Waals surface area contributed by atoms with Gasteiger partial charge >= 0.3 is 0 Å². The average Bonchev–Trinajstić information content (AvgIpc) is 2.23. The molecule has 0 radical (unpaired) electrons. The largest absolute Gasteiger partial charge is 0.508 e. The number of hydrogen-bond donors (Lipinski definition) is 1. The zero-order valence-electron chi connectivity index (χ0n) is 7.85. The number of rotatable bonds is 1. The van der Waals surface area contributed by atoms with E-state index in [1.165, 1.54) is 12.1 Å². The van der Waals surface area contributed by atoms with Crippen LogP contribution in [0.2, 0.25) is 5.02 Å². The lowest BCUT2D eigenvalue weighted by Crippen LogP contribution is -1.98. The summed E-state index contributed by atoms with van der Waals surface area (Å²) < 4.78 is 0. The molecule has 1 N–H and O–H groups in total. The zero-order chi connectivity index (χ0) is 10.8. The summed E-state index contributed by atoms with van der Waals surface area (Å²) in [5.74, 6) is 0.870. The summed E-state index contributed by atoms with van der Waals surface area (Å²) in [5.41, 5.74) is 0.511. The van der Waals surface area contributed by atoms with Crippen LogP contribution in [-0.2, 0) is 0 Å². The number of benzene rings is 1. The molecule has 5 nitrogen and oxygen atoms in total. The van der Waals surface area contributed by atoms with Crippen LogP contribution in [0.3, 0.4) is 0 Å². The first-order chi connectivity index (χ1) is 7.16. The van der Waals surface area contributed by atoms with Crippen molar-refractivity contribution in [2.75, 3.05) is 0 Å². The molecule has 0 spiro atoms. The Kier molecular flexibility index (Phi) is 2.47. The van der Waals surface area contributed by atoms with Crippen molar-refractivity contribution in [2.24, 2.45) is 0 Å². The minimum atomic E-state index is 0.0959. The number of halogens is 1. The summed E-state index contributed by atoms with van der Waals surface area (Å²) in [7, 11) is 0. The monoisotopic (exact) mass is 222 g/mol.